The van der Waals surface area contributed by atoms with E-state index in [0.29, 0.717) is 6.54 Å². The van der Waals surface area contributed by atoms with Gasteiger partial charge in [0.25, 0.3) is 5.91 Å². The summed E-state index contributed by atoms with van der Waals surface area (Å²) < 4.78 is 0. The molecule has 1 aromatic carbocycles. The number of unbranched alkanes of at least 4 members (excludes halogenated alkanes) is 1. The van der Waals surface area contributed by atoms with Crippen LogP contribution >= 0.6 is 11.3 Å². The monoisotopic (exact) mass is 329 g/mol. The van der Waals surface area contributed by atoms with Crippen LogP contribution in [0.2, 0.25) is 0 Å². The highest BCUT2D eigenvalue weighted by Gasteiger charge is 2.32. The standard InChI is InChI=1S/C19H24N2OS/c1-2-3-11-20-14-18(22)21-12-9-17-16(10-13-23-17)19(21)15-7-5-4-6-8-15/h4-8,10,13,19-20H,2-3,9,11-12,14H2,1H3/p+1/t19-/m1/s1. The van der Waals surface area contributed by atoms with Gasteiger partial charge in [-0.2, -0.15) is 0 Å². The zero-order valence-corrected chi connectivity index (χ0v) is 14.5. The molecule has 1 aliphatic heterocycles. The molecule has 0 spiro atoms. The van der Waals surface area contributed by atoms with Crippen LogP contribution in [-0.2, 0) is 11.2 Å². The molecule has 3 nitrogen and oxygen atoms in total. The molecule has 0 fully saturated rings. The van der Waals surface area contributed by atoms with Crippen molar-refractivity contribution < 1.29 is 10.1 Å². The van der Waals surface area contributed by atoms with Gasteiger partial charge in [-0.3, -0.25) is 4.79 Å². The van der Waals surface area contributed by atoms with Crippen molar-refractivity contribution >= 4 is 17.2 Å². The Morgan fingerprint density at radius 1 is 1.30 bits per heavy atom. The lowest BCUT2D eigenvalue weighted by molar-refractivity contribution is -0.644. The van der Waals surface area contributed by atoms with E-state index in [9.17, 15) is 4.79 Å². The number of amides is 1. The molecule has 2 heterocycles. The first-order valence-corrected chi connectivity index (χ1v) is 9.41. The molecule has 23 heavy (non-hydrogen) atoms. The summed E-state index contributed by atoms with van der Waals surface area (Å²) in [4.78, 5) is 16.3. The second-order valence-electron chi connectivity index (χ2n) is 6.08. The predicted octanol–water partition coefficient (Wildman–Crippen LogP) is 2.59. The highest BCUT2D eigenvalue weighted by Crippen LogP contribution is 2.37. The number of fused-ring (bicyclic) bond motifs is 1. The first-order chi connectivity index (χ1) is 11.3. The van der Waals surface area contributed by atoms with E-state index in [1.807, 2.05) is 17.4 Å². The highest BCUT2D eigenvalue weighted by atomic mass is 32.1. The van der Waals surface area contributed by atoms with E-state index < -0.39 is 0 Å². The van der Waals surface area contributed by atoms with E-state index in [1.54, 1.807) is 0 Å². The minimum atomic E-state index is 0.0817. The fourth-order valence-corrected chi connectivity index (χ4v) is 4.17. The van der Waals surface area contributed by atoms with Gasteiger partial charge in [0.05, 0.1) is 12.6 Å². The SMILES string of the molecule is CCCC[NH2+]CC(=O)N1CCc2sccc2[C@H]1c1ccccc1. The number of rotatable bonds is 6. The first kappa shape index (κ1) is 16.2. The average molecular weight is 329 g/mol. The summed E-state index contributed by atoms with van der Waals surface area (Å²) >= 11 is 1.82. The van der Waals surface area contributed by atoms with Crippen LogP contribution in [0, 0.1) is 0 Å². The molecule has 1 aliphatic rings. The van der Waals surface area contributed by atoms with Crippen LogP contribution in [0.15, 0.2) is 41.8 Å². The summed E-state index contributed by atoms with van der Waals surface area (Å²) in [5.41, 5.74) is 2.53. The van der Waals surface area contributed by atoms with Gasteiger partial charge in [-0.25, -0.2) is 0 Å². The molecule has 0 bridgehead atoms. The van der Waals surface area contributed by atoms with Gasteiger partial charge in [-0.05, 0) is 35.4 Å². The van der Waals surface area contributed by atoms with E-state index in [0.717, 1.165) is 19.5 Å². The van der Waals surface area contributed by atoms with Gasteiger partial charge in [-0.1, -0.05) is 43.7 Å². The Morgan fingerprint density at radius 2 is 2.13 bits per heavy atom. The van der Waals surface area contributed by atoms with Gasteiger partial charge in [-0.15, -0.1) is 11.3 Å². The van der Waals surface area contributed by atoms with Gasteiger partial charge < -0.3 is 10.2 Å². The van der Waals surface area contributed by atoms with Crippen LogP contribution in [0.4, 0.5) is 0 Å². The van der Waals surface area contributed by atoms with Crippen molar-refractivity contribution in [3.05, 3.63) is 57.8 Å². The summed E-state index contributed by atoms with van der Waals surface area (Å²) in [7, 11) is 0. The van der Waals surface area contributed by atoms with E-state index in [1.165, 1.54) is 28.8 Å². The van der Waals surface area contributed by atoms with Crippen molar-refractivity contribution in [2.24, 2.45) is 0 Å². The smallest absolute Gasteiger partial charge is 0.278 e. The maximum absolute atomic E-state index is 12.8. The Hall–Kier alpha value is -1.65. The number of nitrogens with zero attached hydrogens (tertiary/aromatic N) is 1. The van der Waals surface area contributed by atoms with E-state index >= 15 is 0 Å². The lowest BCUT2D eigenvalue weighted by Gasteiger charge is -2.36. The summed E-state index contributed by atoms with van der Waals surface area (Å²) in [6, 6.07) is 12.7. The van der Waals surface area contributed by atoms with Crippen molar-refractivity contribution in [3.63, 3.8) is 0 Å². The molecule has 1 aromatic heterocycles. The van der Waals surface area contributed by atoms with Gasteiger partial charge >= 0.3 is 0 Å². The van der Waals surface area contributed by atoms with Crippen molar-refractivity contribution in [2.75, 3.05) is 19.6 Å². The number of quaternary nitrogens is 1. The van der Waals surface area contributed by atoms with Crippen LogP contribution in [0.25, 0.3) is 0 Å². The van der Waals surface area contributed by atoms with Gasteiger partial charge in [0.15, 0.2) is 6.54 Å². The lowest BCUT2D eigenvalue weighted by atomic mass is 9.93. The van der Waals surface area contributed by atoms with Crippen molar-refractivity contribution in [1.82, 2.24) is 4.90 Å². The fraction of sp³-hybridized carbons (Fsp3) is 0.421. The Morgan fingerprint density at radius 3 is 2.91 bits per heavy atom. The quantitative estimate of drug-likeness (QED) is 0.813. The second kappa shape index (κ2) is 7.75. The minimum Gasteiger partial charge on any atom is -0.338 e. The third-order valence-electron chi connectivity index (χ3n) is 4.48. The molecule has 2 aromatic rings. The fourth-order valence-electron chi connectivity index (χ4n) is 3.27. The molecule has 2 N–H and O–H groups in total. The Balaban J connectivity index is 1.80. The largest absolute Gasteiger partial charge is 0.338 e. The number of nitrogens with two attached hydrogens (primary N) is 1. The molecule has 0 unspecified atom stereocenters. The van der Waals surface area contributed by atoms with E-state index in [4.69, 9.17) is 0 Å². The van der Waals surface area contributed by atoms with Crippen LogP contribution in [0.3, 0.4) is 0 Å². The van der Waals surface area contributed by atoms with Gasteiger partial charge in [0.1, 0.15) is 0 Å². The maximum Gasteiger partial charge on any atom is 0.278 e. The number of benzene rings is 1. The molecule has 1 amide bonds. The molecule has 3 rings (SSSR count). The zero-order valence-electron chi connectivity index (χ0n) is 13.7. The van der Waals surface area contributed by atoms with Crippen LogP contribution in [0.5, 0.6) is 0 Å². The first-order valence-electron chi connectivity index (χ1n) is 8.53. The lowest BCUT2D eigenvalue weighted by Crippen LogP contribution is -2.86. The predicted molar refractivity (Wildman–Crippen MR) is 94.6 cm³/mol. The number of carbonyl (C=O) groups is 1. The number of hydrogen-bond acceptors (Lipinski definition) is 2. The number of thiophene rings is 1. The summed E-state index contributed by atoms with van der Waals surface area (Å²) in [6.07, 6.45) is 3.33. The van der Waals surface area contributed by atoms with Crippen LogP contribution < -0.4 is 5.32 Å². The van der Waals surface area contributed by atoms with E-state index in [-0.39, 0.29) is 11.9 Å². The summed E-state index contributed by atoms with van der Waals surface area (Å²) in [5, 5.41) is 4.30. The zero-order chi connectivity index (χ0) is 16.1. The molecule has 0 aliphatic carbocycles. The number of hydrogen-bond donors (Lipinski definition) is 1. The van der Waals surface area contributed by atoms with Crippen LogP contribution in [0.1, 0.15) is 41.8 Å². The van der Waals surface area contributed by atoms with Crippen molar-refractivity contribution in [1.29, 1.82) is 0 Å². The topological polar surface area (TPSA) is 36.9 Å². The molecular formula is C19H25N2OS+. The molecular weight excluding hydrogens is 304 g/mol. The number of carbonyl (C=O) groups excluding carboxylic acids is 1. The van der Waals surface area contributed by atoms with E-state index in [2.05, 4.69) is 52.9 Å². The molecule has 0 saturated carbocycles. The van der Waals surface area contributed by atoms with Gasteiger partial charge in [0.2, 0.25) is 0 Å². The normalized spacial score (nSPS) is 17.1. The molecule has 0 radical (unpaired) electrons. The molecule has 1 atom stereocenters. The third kappa shape index (κ3) is 3.65. The Bertz CT molecular complexity index is 638. The molecule has 122 valence electrons. The Labute approximate surface area is 142 Å². The average Bonchev–Trinajstić information content (AvgIpc) is 3.07. The van der Waals surface area contributed by atoms with Gasteiger partial charge in [0, 0.05) is 11.4 Å². The highest BCUT2D eigenvalue weighted by molar-refractivity contribution is 7.10. The summed E-state index contributed by atoms with van der Waals surface area (Å²) in [5.74, 6) is 0.256. The van der Waals surface area contributed by atoms with Crippen LogP contribution in [-0.4, -0.2) is 30.4 Å². The second-order valence-corrected chi connectivity index (χ2v) is 7.09. The third-order valence-corrected chi connectivity index (χ3v) is 5.48. The maximum atomic E-state index is 12.8. The Kier molecular flexibility index (Phi) is 5.47. The summed E-state index contributed by atoms with van der Waals surface area (Å²) in [6.45, 7) is 4.61. The van der Waals surface area contributed by atoms with Crippen molar-refractivity contribution in [2.45, 2.75) is 32.2 Å². The minimum absolute atomic E-state index is 0.0817. The molecule has 0 saturated heterocycles. The molecule has 4 heteroatoms. The van der Waals surface area contributed by atoms with Crippen molar-refractivity contribution in [3.8, 4) is 0 Å².